The molecule has 84 valence electrons. The van der Waals surface area contributed by atoms with Crippen LogP contribution in [0.4, 0.5) is 0 Å². The summed E-state index contributed by atoms with van der Waals surface area (Å²) in [5.41, 5.74) is 0. The summed E-state index contributed by atoms with van der Waals surface area (Å²) in [6.45, 7) is 1.81. The van der Waals surface area contributed by atoms with E-state index in [1.54, 1.807) is 0 Å². The van der Waals surface area contributed by atoms with Crippen molar-refractivity contribution >= 4 is 16.1 Å². The van der Waals surface area contributed by atoms with Crippen LogP contribution >= 0.6 is 0 Å². The molecule has 7 heteroatoms. The van der Waals surface area contributed by atoms with E-state index in [1.807, 2.05) is 0 Å². The van der Waals surface area contributed by atoms with Gasteiger partial charge in [0.05, 0.1) is 26.1 Å². The van der Waals surface area contributed by atoms with E-state index in [4.69, 9.17) is 4.74 Å². The van der Waals surface area contributed by atoms with Gasteiger partial charge in [-0.3, -0.25) is 8.98 Å². The first-order valence-corrected chi connectivity index (χ1v) is 5.79. The number of carbonyl (C=O) groups excluding carboxylic acids is 1. The van der Waals surface area contributed by atoms with Crippen LogP contribution in [-0.4, -0.2) is 47.1 Å². The zero-order chi connectivity index (χ0) is 11.0. The zero-order valence-electron chi connectivity index (χ0n) is 8.19. The Bertz CT molecular complexity index is 257. The monoisotopic (exact) mass is 226 g/mol. The van der Waals surface area contributed by atoms with E-state index in [1.165, 1.54) is 6.92 Å². The van der Waals surface area contributed by atoms with Gasteiger partial charge in [-0.15, -0.1) is 0 Å². The number of hydrogen-bond acceptors (Lipinski definition) is 6. The molecule has 0 fully saturated rings. The summed E-state index contributed by atoms with van der Waals surface area (Å²) in [5.74, 6) is -0.374. The molecule has 0 heterocycles. The van der Waals surface area contributed by atoms with Crippen LogP contribution in [0, 0.1) is 0 Å². The highest BCUT2D eigenvalue weighted by Crippen LogP contribution is 1.86. The molecule has 0 rings (SSSR count). The predicted octanol–water partition coefficient (Wildman–Crippen LogP) is -0.458. The van der Waals surface area contributed by atoms with E-state index >= 15 is 0 Å². The molecule has 14 heavy (non-hydrogen) atoms. The second kappa shape index (κ2) is 6.74. The van der Waals surface area contributed by atoms with Gasteiger partial charge in [-0.05, 0) is 0 Å². The second-order valence-electron chi connectivity index (χ2n) is 2.48. The molecule has 0 bridgehead atoms. The standard InChI is InChI=1S/C7H14O6S/c1-7(8)12-5-3-11-4-6-13-14(2,9)10/h3-6H2,1-2H3. The normalized spacial score (nSPS) is 11.3. The zero-order valence-corrected chi connectivity index (χ0v) is 9.00. The topological polar surface area (TPSA) is 78.9 Å². The average molecular weight is 226 g/mol. The fourth-order valence-corrected chi connectivity index (χ4v) is 0.961. The molecule has 0 aliphatic carbocycles. The number of carbonyl (C=O) groups is 1. The van der Waals surface area contributed by atoms with Gasteiger partial charge >= 0.3 is 5.97 Å². The number of rotatable bonds is 7. The quantitative estimate of drug-likeness (QED) is 0.332. The third kappa shape index (κ3) is 11.3. The summed E-state index contributed by atoms with van der Waals surface area (Å²) in [4.78, 5) is 10.3. The van der Waals surface area contributed by atoms with Gasteiger partial charge in [0, 0.05) is 6.92 Å². The summed E-state index contributed by atoms with van der Waals surface area (Å²) in [5, 5.41) is 0. The smallest absolute Gasteiger partial charge is 0.302 e. The van der Waals surface area contributed by atoms with Gasteiger partial charge in [0.15, 0.2) is 0 Å². The summed E-state index contributed by atoms with van der Waals surface area (Å²) in [6, 6.07) is 0. The molecule has 0 N–H and O–H groups in total. The van der Waals surface area contributed by atoms with Crippen LogP contribution in [0.15, 0.2) is 0 Å². The van der Waals surface area contributed by atoms with E-state index < -0.39 is 10.1 Å². The van der Waals surface area contributed by atoms with E-state index in [2.05, 4.69) is 8.92 Å². The van der Waals surface area contributed by atoms with Gasteiger partial charge in [0.2, 0.25) is 0 Å². The molecule has 0 unspecified atom stereocenters. The van der Waals surface area contributed by atoms with E-state index in [0.29, 0.717) is 0 Å². The first-order valence-electron chi connectivity index (χ1n) is 3.97. The molecule has 0 aliphatic rings. The SMILES string of the molecule is CC(=O)OCCOCCOS(C)(=O)=O. The Hall–Kier alpha value is -0.660. The third-order valence-electron chi connectivity index (χ3n) is 1.06. The molecule has 0 aromatic carbocycles. The molecule has 0 radical (unpaired) electrons. The van der Waals surface area contributed by atoms with Crippen LogP contribution in [0.3, 0.4) is 0 Å². The van der Waals surface area contributed by atoms with Crippen LogP contribution in [0.25, 0.3) is 0 Å². The summed E-state index contributed by atoms with van der Waals surface area (Å²) in [6.07, 6.45) is 0.964. The largest absolute Gasteiger partial charge is 0.463 e. The third-order valence-corrected chi connectivity index (χ3v) is 1.65. The maximum Gasteiger partial charge on any atom is 0.302 e. The Balaban J connectivity index is 3.19. The van der Waals surface area contributed by atoms with Gasteiger partial charge in [-0.2, -0.15) is 8.42 Å². The van der Waals surface area contributed by atoms with Crippen molar-refractivity contribution in [2.24, 2.45) is 0 Å². The molecule has 0 atom stereocenters. The van der Waals surface area contributed by atoms with Gasteiger partial charge in [-0.25, -0.2) is 0 Å². The van der Waals surface area contributed by atoms with Crippen molar-refractivity contribution in [2.45, 2.75) is 6.92 Å². The average Bonchev–Trinajstić information content (AvgIpc) is 2.00. The van der Waals surface area contributed by atoms with Crippen molar-refractivity contribution in [1.82, 2.24) is 0 Å². The molecular formula is C7H14O6S. The van der Waals surface area contributed by atoms with Crippen LogP contribution in [0.5, 0.6) is 0 Å². The maximum atomic E-state index is 10.5. The molecule has 0 aromatic heterocycles. The second-order valence-corrected chi connectivity index (χ2v) is 4.12. The Morgan fingerprint density at radius 2 is 1.71 bits per heavy atom. The molecule has 0 saturated carbocycles. The van der Waals surface area contributed by atoms with Gasteiger partial charge in [0.25, 0.3) is 10.1 Å². The van der Waals surface area contributed by atoms with Gasteiger partial charge in [-0.1, -0.05) is 0 Å². The lowest BCUT2D eigenvalue weighted by molar-refractivity contribution is -0.142. The Morgan fingerprint density at radius 3 is 2.21 bits per heavy atom. The van der Waals surface area contributed by atoms with Crippen LogP contribution in [-0.2, 0) is 28.6 Å². The van der Waals surface area contributed by atoms with Crippen LogP contribution < -0.4 is 0 Å². The van der Waals surface area contributed by atoms with Gasteiger partial charge in [0.1, 0.15) is 6.61 Å². The van der Waals surface area contributed by atoms with Gasteiger partial charge < -0.3 is 9.47 Å². The minimum absolute atomic E-state index is 0.0289. The molecule has 0 aromatic rings. The van der Waals surface area contributed by atoms with Crippen molar-refractivity contribution in [3.63, 3.8) is 0 Å². The minimum atomic E-state index is -3.40. The Labute approximate surface area is 83.3 Å². The van der Waals surface area contributed by atoms with Crippen molar-refractivity contribution < 1.29 is 26.9 Å². The number of hydrogen-bond donors (Lipinski definition) is 0. The van der Waals surface area contributed by atoms with Crippen molar-refractivity contribution in [3.05, 3.63) is 0 Å². The lowest BCUT2D eigenvalue weighted by Crippen LogP contribution is -2.13. The summed E-state index contributed by atoms with van der Waals surface area (Å²) < 4.78 is 34.8. The van der Waals surface area contributed by atoms with E-state index in [0.717, 1.165) is 6.26 Å². The molecule has 0 spiro atoms. The van der Waals surface area contributed by atoms with Crippen molar-refractivity contribution in [3.8, 4) is 0 Å². The highest BCUT2D eigenvalue weighted by Gasteiger charge is 2.00. The fourth-order valence-electron chi connectivity index (χ4n) is 0.591. The minimum Gasteiger partial charge on any atom is -0.463 e. The lowest BCUT2D eigenvalue weighted by Gasteiger charge is -2.04. The summed E-state index contributed by atoms with van der Waals surface area (Å²) in [7, 11) is -3.40. The Kier molecular flexibility index (Phi) is 6.43. The first kappa shape index (κ1) is 13.3. The predicted molar refractivity (Wildman–Crippen MR) is 48.2 cm³/mol. The number of esters is 1. The first-order chi connectivity index (χ1) is 6.42. The van der Waals surface area contributed by atoms with Crippen molar-refractivity contribution in [1.29, 1.82) is 0 Å². The fraction of sp³-hybridized carbons (Fsp3) is 0.857. The lowest BCUT2D eigenvalue weighted by atomic mass is 10.7. The van der Waals surface area contributed by atoms with Crippen molar-refractivity contribution in [2.75, 3.05) is 32.7 Å². The molecule has 6 nitrogen and oxygen atoms in total. The maximum absolute atomic E-state index is 10.5. The highest BCUT2D eigenvalue weighted by atomic mass is 32.2. The molecule has 0 amide bonds. The van der Waals surface area contributed by atoms with E-state index in [-0.39, 0.29) is 32.4 Å². The highest BCUT2D eigenvalue weighted by molar-refractivity contribution is 7.85. The number of ether oxygens (including phenoxy) is 2. The molecule has 0 aliphatic heterocycles. The summed E-state index contributed by atoms with van der Waals surface area (Å²) >= 11 is 0. The van der Waals surface area contributed by atoms with Crippen LogP contribution in [0.2, 0.25) is 0 Å². The van der Waals surface area contributed by atoms with E-state index in [9.17, 15) is 13.2 Å². The van der Waals surface area contributed by atoms with Crippen LogP contribution in [0.1, 0.15) is 6.92 Å². The molecule has 0 saturated heterocycles. The Morgan fingerprint density at radius 1 is 1.14 bits per heavy atom. The molecular weight excluding hydrogens is 212 g/mol.